The van der Waals surface area contributed by atoms with Crippen LogP contribution in [-0.4, -0.2) is 40.9 Å². The van der Waals surface area contributed by atoms with E-state index in [1.165, 1.54) is 0 Å². The summed E-state index contributed by atoms with van der Waals surface area (Å²) in [5.41, 5.74) is 0. The van der Waals surface area contributed by atoms with Crippen LogP contribution in [0.2, 0.25) is 0 Å². The summed E-state index contributed by atoms with van der Waals surface area (Å²) in [4.78, 5) is 21.7. The average molecular weight is 246 g/mol. The lowest BCUT2D eigenvalue weighted by molar-refractivity contribution is -0.146. The Morgan fingerprint density at radius 1 is 1.24 bits per heavy atom. The van der Waals surface area contributed by atoms with Gasteiger partial charge < -0.3 is 20.8 Å². The Morgan fingerprint density at radius 3 is 2.35 bits per heavy atom. The van der Waals surface area contributed by atoms with E-state index in [1.807, 2.05) is 13.8 Å². The summed E-state index contributed by atoms with van der Waals surface area (Å²) in [6.07, 6.45) is 1.36. The third-order valence-electron chi connectivity index (χ3n) is 2.45. The predicted molar refractivity (Wildman–Crippen MR) is 63.8 cm³/mol. The molecule has 4 N–H and O–H groups in total. The van der Waals surface area contributed by atoms with E-state index in [9.17, 15) is 9.59 Å². The molecule has 6 heteroatoms. The SMILES string of the molecule is CCCC(CC)NC(=O)NCC[C@H](O)C(=O)O. The number of hydrogen-bond acceptors (Lipinski definition) is 3. The normalized spacial score (nSPS) is 13.8. The minimum absolute atomic E-state index is 0.00726. The van der Waals surface area contributed by atoms with Crippen LogP contribution in [0.4, 0.5) is 4.79 Å². The number of nitrogens with one attached hydrogen (secondary N) is 2. The van der Waals surface area contributed by atoms with Crippen molar-refractivity contribution in [1.29, 1.82) is 0 Å². The molecule has 17 heavy (non-hydrogen) atoms. The Hall–Kier alpha value is -1.30. The summed E-state index contributed by atoms with van der Waals surface area (Å²) < 4.78 is 0. The second kappa shape index (κ2) is 8.81. The molecule has 2 atom stereocenters. The van der Waals surface area contributed by atoms with Crippen molar-refractivity contribution in [2.24, 2.45) is 0 Å². The predicted octanol–water partition coefficient (Wildman–Crippen LogP) is 0.700. The Bertz CT molecular complexity index is 246. The van der Waals surface area contributed by atoms with Gasteiger partial charge in [-0.2, -0.15) is 0 Å². The van der Waals surface area contributed by atoms with Crippen molar-refractivity contribution in [3.63, 3.8) is 0 Å². The number of hydrogen-bond donors (Lipinski definition) is 4. The topological polar surface area (TPSA) is 98.7 Å². The van der Waals surface area contributed by atoms with Gasteiger partial charge in [-0.3, -0.25) is 0 Å². The van der Waals surface area contributed by atoms with Gasteiger partial charge in [0.2, 0.25) is 0 Å². The van der Waals surface area contributed by atoms with Crippen LogP contribution in [0.15, 0.2) is 0 Å². The van der Waals surface area contributed by atoms with Crippen molar-refractivity contribution >= 4 is 12.0 Å². The van der Waals surface area contributed by atoms with Crippen LogP contribution in [0.25, 0.3) is 0 Å². The monoisotopic (exact) mass is 246 g/mol. The number of aliphatic carboxylic acids is 1. The zero-order chi connectivity index (χ0) is 13.3. The summed E-state index contributed by atoms with van der Waals surface area (Å²) in [7, 11) is 0. The van der Waals surface area contributed by atoms with Gasteiger partial charge in [0, 0.05) is 19.0 Å². The Morgan fingerprint density at radius 2 is 1.88 bits per heavy atom. The maximum Gasteiger partial charge on any atom is 0.332 e. The number of urea groups is 1. The lowest BCUT2D eigenvalue weighted by Crippen LogP contribution is -2.42. The Labute approximate surface area is 101 Å². The van der Waals surface area contributed by atoms with E-state index in [2.05, 4.69) is 10.6 Å². The first kappa shape index (κ1) is 15.7. The molecule has 1 unspecified atom stereocenters. The molecule has 0 rings (SSSR count). The molecule has 0 aromatic carbocycles. The molecule has 100 valence electrons. The highest BCUT2D eigenvalue weighted by molar-refractivity contribution is 5.74. The van der Waals surface area contributed by atoms with Gasteiger partial charge in [0.05, 0.1) is 0 Å². The number of carboxylic acids is 1. The number of carboxylic acid groups (broad SMARTS) is 1. The Kier molecular flexibility index (Phi) is 8.13. The number of aliphatic hydroxyl groups excluding tert-OH is 1. The summed E-state index contributed by atoms with van der Waals surface area (Å²) in [6.45, 7) is 4.18. The fraction of sp³-hybridized carbons (Fsp3) is 0.818. The lowest BCUT2D eigenvalue weighted by Gasteiger charge is -2.16. The first-order valence-corrected chi connectivity index (χ1v) is 5.96. The van der Waals surface area contributed by atoms with Crippen LogP contribution in [0, 0.1) is 0 Å². The van der Waals surface area contributed by atoms with E-state index in [0.29, 0.717) is 0 Å². The average Bonchev–Trinajstić information content (AvgIpc) is 2.28. The fourth-order valence-electron chi connectivity index (χ4n) is 1.41. The molecule has 0 aromatic rings. The zero-order valence-corrected chi connectivity index (χ0v) is 10.4. The molecule has 2 amide bonds. The third kappa shape index (κ3) is 7.57. The number of carbonyl (C=O) groups excluding carboxylic acids is 1. The molecule has 0 bridgehead atoms. The van der Waals surface area contributed by atoms with Crippen molar-refractivity contribution < 1.29 is 19.8 Å². The molecule has 0 fully saturated rings. The summed E-state index contributed by atoms with van der Waals surface area (Å²) in [5, 5.41) is 22.7. The minimum Gasteiger partial charge on any atom is -0.479 e. The number of aliphatic hydroxyl groups is 1. The third-order valence-corrected chi connectivity index (χ3v) is 2.45. The summed E-state index contributed by atoms with van der Waals surface area (Å²) >= 11 is 0. The quantitative estimate of drug-likeness (QED) is 0.506. The van der Waals surface area contributed by atoms with Crippen molar-refractivity contribution in [2.75, 3.05) is 6.54 Å². The smallest absolute Gasteiger partial charge is 0.332 e. The molecule has 0 aromatic heterocycles. The van der Waals surface area contributed by atoms with Crippen LogP contribution in [0.3, 0.4) is 0 Å². The van der Waals surface area contributed by atoms with Crippen LogP contribution >= 0.6 is 0 Å². The van der Waals surface area contributed by atoms with Crippen molar-refractivity contribution in [3.05, 3.63) is 0 Å². The second-order valence-corrected chi connectivity index (χ2v) is 3.94. The molecule has 0 saturated carbocycles. The standard InChI is InChI=1S/C11H22N2O4/c1-3-5-8(4-2)13-11(17)12-7-6-9(14)10(15)16/h8-9,14H,3-7H2,1-2H3,(H,15,16)(H2,12,13,17)/t8?,9-/m0/s1. The first-order valence-electron chi connectivity index (χ1n) is 5.96. The van der Waals surface area contributed by atoms with E-state index in [4.69, 9.17) is 10.2 Å². The van der Waals surface area contributed by atoms with E-state index in [-0.39, 0.29) is 25.0 Å². The van der Waals surface area contributed by atoms with Crippen LogP contribution in [-0.2, 0) is 4.79 Å². The van der Waals surface area contributed by atoms with Gasteiger partial charge in [0.25, 0.3) is 0 Å². The molecular weight excluding hydrogens is 224 g/mol. The van der Waals surface area contributed by atoms with Gasteiger partial charge in [0.1, 0.15) is 0 Å². The highest BCUT2D eigenvalue weighted by atomic mass is 16.4. The summed E-state index contributed by atoms with van der Waals surface area (Å²) in [6, 6.07) is -0.174. The van der Waals surface area contributed by atoms with E-state index < -0.39 is 12.1 Å². The molecule has 0 radical (unpaired) electrons. The molecule has 0 saturated heterocycles. The molecule has 6 nitrogen and oxygen atoms in total. The molecule has 0 spiro atoms. The van der Waals surface area contributed by atoms with Crippen molar-refractivity contribution in [2.45, 2.75) is 51.7 Å². The second-order valence-electron chi connectivity index (χ2n) is 3.94. The minimum atomic E-state index is -1.42. The summed E-state index contributed by atoms with van der Waals surface area (Å²) in [5.74, 6) is -1.27. The van der Waals surface area contributed by atoms with Gasteiger partial charge >= 0.3 is 12.0 Å². The van der Waals surface area contributed by atoms with Crippen LogP contribution in [0.1, 0.15) is 39.5 Å². The molecular formula is C11H22N2O4. The number of amides is 2. The molecule has 0 aliphatic carbocycles. The number of rotatable bonds is 8. The molecule has 0 aliphatic rings. The van der Waals surface area contributed by atoms with Gasteiger partial charge in [-0.1, -0.05) is 20.3 Å². The highest BCUT2D eigenvalue weighted by Gasteiger charge is 2.13. The first-order chi connectivity index (χ1) is 8.01. The van der Waals surface area contributed by atoms with Crippen molar-refractivity contribution in [1.82, 2.24) is 10.6 Å². The Balaban J connectivity index is 3.75. The van der Waals surface area contributed by atoms with E-state index in [1.54, 1.807) is 0 Å². The number of carbonyl (C=O) groups is 2. The van der Waals surface area contributed by atoms with E-state index >= 15 is 0 Å². The van der Waals surface area contributed by atoms with Crippen LogP contribution in [0.5, 0.6) is 0 Å². The fourth-order valence-corrected chi connectivity index (χ4v) is 1.41. The lowest BCUT2D eigenvalue weighted by atomic mass is 10.1. The molecule has 0 aliphatic heterocycles. The zero-order valence-electron chi connectivity index (χ0n) is 10.4. The maximum atomic E-state index is 11.4. The van der Waals surface area contributed by atoms with Gasteiger partial charge in [-0.05, 0) is 12.8 Å². The van der Waals surface area contributed by atoms with Gasteiger partial charge in [0.15, 0.2) is 6.10 Å². The van der Waals surface area contributed by atoms with Gasteiger partial charge in [-0.25, -0.2) is 9.59 Å². The van der Waals surface area contributed by atoms with Crippen molar-refractivity contribution in [3.8, 4) is 0 Å². The maximum absolute atomic E-state index is 11.4. The molecule has 0 heterocycles. The van der Waals surface area contributed by atoms with E-state index in [0.717, 1.165) is 19.3 Å². The largest absolute Gasteiger partial charge is 0.479 e. The highest BCUT2D eigenvalue weighted by Crippen LogP contribution is 2.00. The van der Waals surface area contributed by atoms with Gasteiger partial charge in [-0.15, -0.1) is 0 Å². The van der Waals surface area contributed by atoms with Crippen LogP contribution < -0.4 is 10.6 Å².